The fourth-order valence-electron chi connectivity index (χ4n) is 9.92. The minimum absolute atomic E-state index is 0.00344. The van der Waals surface area contributed by atoms with Gasteiger partial charge in [0, 0.05) is 43.3 Å². The topological polar surface area (TPSA) is 124 Å². The van der Waals surface area contributed by atoms with Gasteiger partial charge in [-0.15, -0.1) is 0 Å². The number of aliphatic hydroxyl groups is 2. The molecule has 0 spiro atoms. The van der Waals surface area contributed by atoms with Crippen LogP contribution in [0.5, 0.6) is 0 Å². The van der Waals surface area contributed by atoms with Crippen LogP contribution in [-0.2, 0) is 23.7 Å². The summed E-state index contributed by atoms with van der Waals surface area (Å²) in [6.45, 7) is 8.61. The molecule has 1 aromatic rings. The van der Waals surface area contributed by atoms with Gasteiger partial charge in [0.1, 0.15) is 6.10 Å². The molecule has 1 unspecified atom stereocenters. The first kappa shape index (κ1) is 32.1. The van der Waals surface area contributed by atoms with Crippen LogP contribution in [0.3, 0.4) is 0 Å². The van der Waals surface area contributed by atoms with Gasteiger partial charge in [0.25, 0.3) is 0 Å². The van der Waals surface area contributed by atoms with Crippen LogP contribution in [0.15, 0.2) is 29.5 Å². The highest BCUT2D eigenvalue weighted by atomic mass is 35.5. The van der Waals surface area contributed by atoms with Gasteiger partial charge in [0.15, 0.2) is 0 Å². The Morgan fingerprint density at radius 3 is 2.44 bits per heavy atom. The van der Waals surface area contributed by atoms with E-state index in [9.17, 15) is 19.8 Å². The number of hydrogen-bond acceptors (Lipinski definition) is 9. The van der Waals surface area contributed by atoms with Crippen LogP contribution >= 0.6 is 11.6 Å². The first-order chi connectivity index (χ1) is 20.3. The lowest BCUT2D eigenvalue weighted by molar-refractivity contribution is -0.227. The van der Waals surface area contributed by atoms with Gasteiger partial charge in [-0.25, -0.2) is 9.59 Å². The van der Waals surface area contributed by atoms with Crippen molar-refractivity contribution in [2.75, 3.05) is 33.2 Å². The van der Waals surface area contributed by atoms with Gasteiger partial charge in [-0.3, -0.25) is 0 Å². The number of rotatable bonds is 7. The molecule has 4 aliphatic rings. The number of nitrogens with one attached hydrogen (secondary N) is 1. The number of benzene rings is 1. The molecule has 1 aromatic carbocycles. The predicted molar refractivity (Wildman–Crippen MR) is 162 cm³/mol. The zero-order valence-corrected chi connectivity index (χ0v) is 27.0. The SMILES string of the molecule is CNc1ccc(Cl)cc1C(=O)O[C@H]1CC[C@]2(C)C3C[C@H](OC)[C@@H](C)[C@H](C4=C(O)C(=O)O[C@@H]4OC)[C@@]3(C)CC[C@H]2[C@]1(C)CO. The standard InChI is InChI=1S/C33H46ClNO8/c1-17-21(40-6)15-23-31(2)13-11-24(42-28(38)19-14-18(34)8-9-20(19)35-5)33(4,16-36)22(31)10-12-32(23,3)26(17)25-27(37)29(39)43-30(25)41-7/h8-9,14,17,21-24,26,30,35-37H,10-13,15-16H2,1-7H3/t17-,21+,22-,23?,24+,26-,30+,31+,32+,33+/m1/s1. The summed E-state index contributed by atoms with van der Waals surface area (Å²) in [6, 6.07) is 5.08. The third kappa shape index (κ3) is 4.86. The molecule has 43 heavy (non-hydrogen) atoms. The van der Waals surface area contributed by atoms with E-state index in [1.807, 2.05) is 6.92 Å². The Balaban J connectivity index is 1.51. The zero-order chi connectivity index (χ0) is 31.5. The van der Waals surface area contributed by atoms with E-state index in [1.54, 1.807) is 32.4 Å². The van der Waals surface area contributed by atoms with Crippen molar-refractivity contribution in [3.05, 3.63) is 40.1 Å². The van der Waals surface area contributed by atoms with Crippen molar-refractivity contribution in [1.82, 2.24) is 0 Å². The molecule has 3 aliphatic carbocycles. The average Bonchev–Trinajstić information content (AvgIpc) is 3.26. The third-order valence-electron chi connectivity index (χ3n) is 12.0. The van der Waals surface area contributed by atoms with Gasteiger partial charge in [0.05, 0.1) is 23.8 Å². The molecule has 9 nitrogen and oxygen atoms in total. The van der Waals surface area contributed by atoms with E-state index in [-0.39, 0.29) is 53.0 Å². The maximum absolute atomic E-state index is 13.5. The van der Waals surface area contributed by atoms with E-state index in [0.717, 1.165) is 25.7 Å². The molecule has 238 valence electrons. The maximum Gasteiger partial charge on any atom is 0.376 e. The van der Waals surface area contributed by atoms with Gasteiger partial charge in [-0.2, -0.15) is 0 Å². The van der Waals surface area contributed by atoms with Gasteiger partial charge in [-0.05, 0) is 78.9 Å². The number of methoxy groups -OCH3 is 2. The summed E-state index contributed by atoms with van der Waals surface area (Å²) in [6.07, 6.45) is 2.21. The van der Waals surface area contributed by atoms with E-state index >= 15 is 0 Å². The molecule has 10 atom stereocenters. The number of hydrogen-bond donors (Lipinski definition) is 3. The molecule has 0 radical (unpaired) electrons. The van der Waals surface area contributed by atoms with Crippen LogP contribution in [0.1, 0.15) is 70.2 Å². The second-order valence-corrected chi connectivity index (χ2v) is 14.3. The summed E-state index contributed by atoms with van der Waals surface area (Å²) >= 11 is 6.22. The largest absolute Gasteiger partial charge is 0.502 e. The summed E-state index contributed by atoms with van der Waals surface area (Å²) in [5.74, 6) is -1.63. The van der Waals surface area contributed by atoms with Crippen LogP contribution in [0.25, 0.3) is 0 Å². The summed E-state index contributed by atoms with van der Waals surface area (Å²) in [7, 11) is 4.94. The van der Waals surface area contributed by atoms with Crippen molar-refractivity contribution < 1.29 is 38.7 Å². The smallest absolute Gasteiger partial charge is 0.376 e. The third-order valence-corrected chi connectivity index (χ3v) is 12.2. The van der Waals surface area contributed by atoms with Crippen molar-refractivity contribution in [3.63, 3.8) is 0 Å². The molecule has 0 aromatic heterocycles. The number of esters is 2. The van der Waals surface area contributed by atoms with Gasteiger partial charge < -0.3 is 34.5 Å². The molecule has 3 N–H and O–H groups in total. The van der Waals surface area contributed by atoms with Gasteiger partial charge in [-0.1, -0.05) is 39.3 Å². The van der Waals surface area contributed by atoms with Crippen molar-refractivity contribution in [2.45, 2.75) is 78.3 Å². The Morgan fingerprint density at radius 2 is 1.81 bits per heavy atom. The number of cyclic esters (lactones) is 1. The molecule has 10 heteroatoms. The van der Waals surface area contributed by atoms with E-state index in [2.05, 4.69) is 26.1 Å². The Bertz CT molecular complexity index is 1300. The summed E-state index contributed by atoms with van der Waals surface area (Å²) in [5.41, 5.74) is 0.259. The molecule has 3 saturated carbocycles. The molecule has 0 saturated heterocycles. The van der Waals surface area contributed by atoms with Crippen LogP contribution in [0, 0.1) is 39.9 Å². The second-order valence-electron chi connectivity index (χ2n) is 13.8. The summed E-state index contributed by atoms with van der Waals surface area (Å²) in [4.78, 5) is 26.0. The Kier molecular flexibility index (Phi) is 8.61. The lowest BCUT2D eigenvalue weighted by Crippen LogP contribution is -2.65. The van der Waals surface area contributed by atoms with E-state index < -0.39 is 29.7 Å². The first-order valence-corrected chi connectivity index (χ1v) is 15.7. The van der Waals surface area contributed by atoms with E-state index in [4.69, 9.17) is 30.5 Å². The minimum Gasteiger partial charge on any atom is -0.502 e. The fourth-order valence-corrected chi connectivity index (χ4v) is 10.1. The Labute approximate surface area is 259 Å². The van der Waals surface area contributed by atoms with Crippen molar-refractivity contribution in [3.8, 4) is 0 Å². The van der Waals surface area contributed by atoms with Crippen molar-refractivity contribution >= 4 is 29.2 Å². The molecular weight excluding hydrogens is 574 g/mol. The monoisotopic (exact) mass is 619 g/mol. The molecule has 0 bridgehead atoms. The lowest BCUT2D eigenvalue weighted by Gasteiger charge is -2.68. The van der Waals surface area contributed by atoms with E-state index in [1.165, 1.54) is 7.11 Å². The Morgan fingerprint density at radius 1 is 1.12 bits per heavy atom. The fraction of sp³-hybridized carbons (Fsp3) is 0.697. The van der Waals surface area contributed by atoms with Crippen LogP contribution < -0.4 is 5.32 Å². The van der Waals surface area contributed by atoms with Crippen molar-refractivity contribution in [2.24, 2.45) is 39.9 Å². The number of ether oxygens (including phenoxy) is 4. The highest BCUT2D eigenvalue weighted by Crippen LogP contribution is 2.70. The summed E-state index contributed by atoms with van der Waals surface area (Å²) < 4.78 is 23.2. The highest BCUT2D eigenvalue weighted by molar-refractivity contribution is 6.31. The molecule has 1 heterocycles. The Hall–Kier alpha value is -2.33. The molecule has 0 amide bonds. The average molecular weight is 620 g/mol. The zero-order valence-electron chi connectivity index (χ0n) is 26.2. The number of carbonyl (C=O) groups excluding carboxylic acids is 2. The van der Waals surface area contributed by atoms with Crippen LogP contribution in [0.2, 0.25) is 5.02 Å². The maximum atomic E-state index is 13.5. The normalized spacial score (nSPS) is 40.9. The van der Waals surface area contributed by atoms with Crippen LogP contribution in [0.4, 0.5) is 5.69 Å². The highest BCUT2D eigenvalue weighted by Gasteiger charge is 2.67. The van der Waals surface area contributed by atoms with Crippen molar-refractivity contribution in [1.29, 1.82) is 0 Å². The first-order valence-electron chi connectivity index (χ1n) is 15.3. The van der Waals surface area contributed by atoms with Crippen LogP contribution in [-0.4, -0.2) is 68.5 Å². The van der Waals surface area contributed by atoms with E-state index in [0.29, 0.717) is 28.3 Å². The molecule has 3 fully saturated rings. The number of carbonyl (C=O) groups is 2. The number of fused-ring (bicyclic) bond motifs is 3. The molecule has 5 rings (SSSR count). The number of aliphatic hydroxyl groups excluding tert-OH is 2. The predicted octanol–water partition coefficient (Wildman–Crippen LogP) is 5.75. The number of halogens is 1. The summed E-state index contributed by atoms with van der Waals surface area (Å²) in [5, 5.41) is 25.4. The molecular formula is C33H46ClNO8. The van der Waals surface area contributed by atoms with Gasteiger partial charge in [0.2, 0.25) is 12.0 Å². The number of anilines is 1. The minimum atomic E-state index is -0.939. The molecule has 1 aliphatic heterocycles. The quantitative estimate of drug-likeness (QED) is 0.327. The lowest BCUT2D eigenvalue weighted by atomic mass is 9.37. The van der Waals surface area contributed by atoms with Gasteiger partial charge >= 0.3 is 11.9 Å². The second kappa shape index (κ2) is 11.5.